The number of nitrogens with one attached hydrogen (secondary N) is 1. The van der Waals surface area contributed by atoms with E-state index < -0.39 is 0 Å². The molecular weight excluding hydrogens is 316 g/mol. The van der Waals surface area contributed by atoms with Crippen molar-refractivity contribution in [3.63, 3.8) is 0 Å². The highest BCUT2D eigenvalue weighted by Gasteiger charge is 2.40. The number of para-hydroxylation sites is 1. The van der Waals surface area contributed by atoms with Gasteiger partial charge in [-0.3, -0.25) is 9.69 Å². The third-order valence-electron chi connectivity index (χ3n) is 6.09. The van der Waals surface area contributed by atoms with Gasteiger partial charge in [0.05, 0.1) is 13.2 Å². The van der Waals surface area contributed by atoms with E-state index in [1.807, 2.05) is 0 Å². The van der Waals surface area contributed by atoms with Crippen LogP contribution in [-0.2, 0) is 16.0 Å². The van der Waals surface area contributed by atoms with E-state index in [4.69, 9.17) is 4.74 Å². The molecule has 0 amide bonds. The number of aliphatic hydroxyl groups is 1. The number of methoxy groups -OCH3 is 1. The fourth-order valence-corrected chi connectivity index (χ4v) is 4.82. The lowest BCUT2D eigenvalue weighted by atomic mass is 9.75. The SMILES string of the molecule is COC(=O)C[C@@H]1C[C@H]2c3[nH]c4ccccc4c3CCN2C[C@@H]1CCO. The number of aromatic amines is 1. The second-order valence-electron chi connectivity index (χ2n) is 7.37. The number of esters is 1. The Hall–Kier alpha value is -1.85. The van der Waals surface area contributed by atoms with Crippen LogP contribution < -0.4 is 0 Å². The van der Waals surface area contributed by atoms with Gasteiger partial charge in [-0.2, -0.15) is 0 Å². The Morgan fingerprint density at radius 2 is 2.20 bits per heavy atom. The molecule has 0 radical (unpaired) electrons. The highest BCUT2D eigenvalue weighted by Crippen LogP contribution is 2.44. The summed E-state index contributed by atoms with van der Waals surface area (Å²) in [4.78, 5) is 18.0. The van der Waals surface area contributed by atoms with Gasteiger partial charge in [-0.15, -0.1) is 0 Å². The van der Waals surface area contributed by atoms with Gasteiger partial charge in [0.25, 0.3) is 0 Å². The standard InChI is InChI=1S/C20H26N2O3/c1-25-19(24)11-14-10-18-20-16(15-4-2-3-5-17(15)21-20)6-8-22(18)12-13(14)7-9-23/h2-5,13-14,18,21,23H,6-12H2,1H3/t13-,14-,18-/m0/s1. The van der Waals surface area contributed by atoms with Gasteiger partial charge in [-0.05, 0) is 42.7 Å². The molecule has 1 aromatic carbocycles. The van der Waals surface area contributed by atoms with Crippen LogP contribution in [0.15, 0.2) is 24.3 Å². The minimum Gasteiger partial charge on any atom is -0.469 e. The molecule has 1 fully saturated rings. The molecule has 1 saturated heterocycles. The molecule has 1 aromatic heterocycles. The second-order valence-corrected chi connectivity index (χ2v) is 7.37. The van der Waals surface area contributed by atoms with Crippen molar-refractivity contribution in [3.8, 4) is 0 Å². The van der Waals surface area contributed by atoms with Gasteiger partial charge in [-0.1, -0.05) is 18.2 Å². The number of benzene rings is 1. The van der Waals surface area contributed by atoms with Gasteiger partial charge < -0.3 is 14.8 Å². The zero-order chi connectivity index (χ0) is 17.4. The lowest BCUT2D eigenvalue weighted by Gasteiger charge is -2.46. The third-order valence-corrected chi connectivity index (χ3v) is 6.09. The molecule has 2 aliphatic rings. The van der Waals surface area contributed by atoms with Gasteiger partial charge >= 0.3 is 5.97 Å². The van der Waals surface area contributed by atoms with E-state index in [0.717, 1.165) is 32.4 Å². The van der Waals surface area contributed by atoms with E-state index >= 15 is 0 Å². The average Bonchev–Trinajstić information content (AvgIpc) is 3.01. The first-order valence-electron chi connectivity index (χ1n) is 9.22. The molecule has 3 heterocycles. The fraction of sp³-hybridized carbons (Fsp3) is 0.550. The van der Waals surface area contributed by atoms with Crippen molar-refractivity contribution in [2.45, 2.75) is 31.7 Å². The summed E-state index contributed by atoms with van der Waals surface area (Å²) in [7, 11) is 1.45. The molecule has 0 saturated carbocycles. The Morgan fingerprint density at radius 3 is 3.00 bits per heavy atom. The van der Waals surface area contributed by atoms with Gasteiger partial charge in [0.2, 0.25) is 0 Å². The minimum atomic E-state index is -0.144. The Morgan fingerprint density at radius 1 is 1.36 bits per heavy atom. The number of hydrogen-bond acceptors (Lipinski definition) is 4. The molecular formula is C20H26N2O3. The van der Waals surface area contributed by atoms with Crippen LogP contribution >= 0.6 is 0 Å². The lowest BCUT2D eigenvalue weighted by molar-refractivity contribution is -0.143. The predicted molar refractivity (Wildman–Crippen MR) is 96.2 cm³/mol. The lowest BCUT2D eigenvalue weighted by Crippen LogP contribution is -2.46. The number of piperidine rings is 1. The van der Waals surface area contributed by atoms with Crippen LogP contribution in [0.25, 0.3) is 10.9 Å². The summed E-state index contributed by atoms with van der Waals surface area (Å²) in [6.07, 6.45) is 3.20. The number of aromatic nitrogens is 1. The number of fused-ring (bicyclic) bond motifs is 5. The molecule has 5 nitrogen and oxygen atoms in total. The van der Waals surface area contributed by atoms with Crippen molar-refractivity contribution in [1.29, 1.82) is 0 Å². The Balaban J connectivity index is 1.65. The molecule has 134 valence electrons. The van der Waals surface area contributed by atoms with Crippen LogP contribution in [0.5, 0.6) is 0 Å². The van der Waals surface area contributed by atoms with Crippen molar-refractivity contribution in [2.75, 3.05) is 26.8 Å². The first kappa shape index (κ1) is 16.6. The topological polar surface area (TPSA) is 65.6 Å². The minimum absolute atomic E-state index is 0.144. The van der Waals surface area contributed by atoms with Gasteiger partial charge in [-0.25, -0.2) is 0 Å². The van der Waals surface area contributed by atoms with Crippen molar-refractivity contribution in [2.24, 2.45) is 11.8 Å². The Labute approximate surface area is 148 Å². The number of nitrogens with zero attached hydrogens (tertiary/aromatic N) is 1. The number of aliphatic hydroxyl groups excluding tert-OH is 1. The normalized spacial score (nSPS) is 26.2. The summed E-state index contributed by atoms with van der Waals surface area (Å²) in [6.45, 7) is 2.17. The van der Waals surface area contributed by atoms with E-state index in [1.165, 1.54) is 29.3 Å². The molecule has 5 heteroatoms. The first-order valence-corrected chi connectivity index (χ1v) is 9.22. The summed E-state index contributed by atoms with van der Waals surface area (Å²) in [5.74, 6) is 0.471. The largest absolute Gasteiger partial charge is 0.469 e. The first-order chi connectivity index (χ1) is 12.2. The van der Waals surface area contributed by atoms with E-state index in [0.29, 0.717) is 18.4 Å². The van der Waals surface area contributed by atoms with Crippen LogP contribution in [0, 0.1) is 11.8 Å². The van der Waals surface area contributed by atoms with E-state index in [-0.39, 0.29) is 18.5 Å². The van der Waals surface area contributed by atoms with Crippen LogP contribution in [0.4, 0.5) is 0 Å². The van der Waals surface area contributed by atoms with Gasteiger partial charge in [0.15, 0.2) is 0 Å². The molecule has 2 N–H and O–H groups in total. The zero-order valence-corrected chi connectivity index (χ0v) is 14.7. The summed E-state index contributed by atoms with van der Waals surface area (Å²) in [6, 6.07) is 8.84. The molecule has 2 aliphatic heterocycles. The number of ether oxygens (including phenoxy) is 1. The number of carbonyl (C=O) groups is 1. The highest BCUT2D eigenvalue weighted by atomic mass is 16.5. The Bertz CT molecular complexity index is 769. The van der Waals surface area contributed by atoms with Crippen LogP contribution in [-0.4, -0.2) is 47.8 Å². The van der Waals surface area contributed by atoms with Crippen molar-refractivity contribution in [1.82, 2.24) is 9.88 Å². The molecule has 0 aliphatic carbocycles. The van der Waals surface area contributed by atoms with Gasteiger partial charge in [0.1, 0.15) is 0 Å². The van der Waals surface area contributed by atoms with Crippen molar-refractivity contribution < 1.29 is 14.6 Å². The molecule has 0 bridgehead atoms. The van der Waals surface area contributed by atoms with E-state index in [2.05, 4.69) is 34.1 Å². The van der Waals surface area contributed by atoms with Crippen LogP contribution in [0.2, 0.25) is 0 Å². The monoisotopic (exact) mass is 342 g/mol. The number of H-pyrrole nitrogens is 1. The summed E-state index contributed by atoms with van der Waals surface area (Å²) < 4.78 is 4.91. The van der Waals surface area contributed by atoms with Gasteiger partial charge in [0, 0.05) is 42.7 Å². The van der Waals surface area contributed by atoms with Crippen LogP contribution in [0.1, 0.15) is 36.6 Å². The van der Waals surface area contributed by atoms with E-state index in [1.54, 1.807) is 0 Å². The van der Waals surface area contributed by atoms with Crippen LogP contribution in [0.3, 0.4) is 0 Å². The molecule has 3 atom stereocenters. The summed E-state index contributed by atoms with van der Waals surface area (Å²) in [5.41, 5.74) is 3.97. The third kappa shape index (κ3) is 2.96. The molecule has 2 aromatic rings. The maximum absolute atomic E-state index is 11.9. The summed E-state index contributed by atoms with van der Waals surface area (Å²) >= 11 is 0. The average molecular weight is 342 g/mol. The quantitative estimate of drug-likeness (QED) is 0.839. The summed E-state index contributed by atoms with van der Waals surface area (Å²) in [5, 5.41) is 10.8. The predicted octanol–water partition coefficient (Wildman–Crippen LogP) is 2.65. The van der Waals surface area contributed by atoms with E-state index in [9.17, 15) is 9.90 Å². The van der Waals surface area contributed by atoms with Crippen molar-refractivity contribution >= 4 is 16.9 Å². The molecule has 25 heavy (non-hydrogen) atoms. The number of carbonyl (C=O) groups excluding carboxylic acids is 1. The fourth-order valence-electron chi connectivity index (χ4n) is 4.82. The highest BCUT2D eigenvalue weighted by molar-refractivity contribution is 5.85. The maximum Gasteiger partial charge on any atom is 0.305 e. The smallest absolute Gasteiger partial charge is 0.305 e. The second kappa shape index (κ2) is 6.81. The van der Waals surface area contributed by atoms with Crippen molar-refractivity contribution in [3.05, 3.63) is 35.5 Å². The number of rotatable bonds is 4. The molecule has 4 rings (SSSR count). The number of hydrogen-bond donors (Lipinski definition) is 2. The molecule has 0 spiro atoms. The maximum atomic E-state index is 11.9. The molecule has 0 unspecified atom stereocenters. The Kier molecular flexibility index (Phi) is 4.52. The zero-order valence-electron chi connectivity index (χ0n) is 14.7.